The molecule has 4 aromatic rings. The van der Waals surface area contributed by atoms with Crippen LogP contribution in [0.15, 0.2) is 73.1 Å². The van der Waals surface area contributed by atoms with E-state index in [1.165, 1.54) is 6.42 Å². The standard InChI is InChI=1S/C25H30N6/c26-24-28-18-22(20-12-6-4-7-13-20)30(24)16-10-2-1-3-11-17-31-23(19-29-25(31)27)21-14-8-5-9-15-21/h4-9,12-15,18-19H,1-3,10-11,16-17H2,(H2,26,28)(H2,27,29). The molecule has 0 saturated heterocycles. The Morgan fingerprint density at radius 1 is 0.548 bits per heavy atom. The summed E-state index contributed by atoms with van der Waals surface area (Å²) in [6.07, 6.45) is 9.42. The van der Waals surface area contributed by atoms with Crippen LogP contribution in [0.25, 0.3) is 22.5 Å². The molecule has 0 amide bonds. The van der Waals surface area contributed by atoms with Gasteiger partial charge in [-0.2, -0.15) is 0 Å². The first kappa shape index (κ1) is 20.7. The molecule has 6 nitrogen and oxygen atoms in total. The summed E-state index contributed by atoms with van der Waals surface area (Å²) in [5.41, 5.74) is 16.7. The van der Waals surface area contributed by atoms with Crippen molar-refractivity contribution in [3.05, 3.63) is 73.1 Å². The third-order valence-electron chi connectivity index (χ3n) is 5.68. The number of unbranched alkanes of at least 4 members (excludes halogenated alkanes) is 4. The number of hydrogen-bond donors (Lipinski definition) is 2. The lowest BCUT2D eigenvalue weighted by atomic mass is 10.1. The number of nitrogens with zero attached hydrogens (tertiary/aromatic N) is 4. The molecule has 0 bridgehead atoms. The van der Waals surface area contributed by atoms with Crippen molar-refractivity contribution in [1.29, 1.82) is 0 Å². The zero-order valence-corrected chi connectivity index (χ0v) is 17.8. The van der Waals surface area contributed by atoms with Gasteiger partial charge < -0.3 is 20.6 Å². The van der Waals surface area contributed by atoms with Crippen LogP contribution in [-0.4, -0.2) is 19.1 Å². The normalized spacial score (nSPS) is 11.1. The number of rotatable bonds is 10. The van der Waals surface area contributed by atoms with Crippen molar-refractivity contribution >= 4 is 11.9 Å². The summed E-state index contributed by atoms with van der Waals surface area (Å²) in [6.45, 7) is 1.78. The van der Waals surface area contributed by atoms with Crippen LogP contribution in [0, 0.1) is 0 Å². The average Bonchev–Trinajstić information content (AvgIpc) is 3.36. The second-order valence-corrected chi connectivity index (χ2v) is 7.81. The summed E-state index contributed by atoms with van der Waals surface area (Å²) in [5, 5.41) is 0. The quantitative estimate of drug-likeness (QED) is 0.348. The maximum atomic E-state index is 6.10. The Morgan fingerprint density at radius 2 is 0.935 bits per heavy atom. The molecule has 0 aliphatic heterocycles. The van der Waals surface area contributed by atoms with Crippen molar-refractivity contribution in [3.63, 3.8) is 0 Å². The molecule has 31 heavy (non-hydrogen) atoms. The Balaban J connectivity index is 1.23. The Morgan fingerprint density at radius 3 is 1.35 bits per heavy atom. The molecule has 4 N–H and O–H groups in total. The minimum absolute atomic E-state index is 0.586. The molecule has 4 rings (SSSR count). The zero-order chi connectivity index (χ0) is 21.5. The monoisotopic (exact) mass is 414 g/mol. The molecule has 160 valence electrons. The predicted molar refractivity (Wildman–Crippen MR) is 127 cm³/mol. The lowest BCUT2D eigenvalue weighted by molar-refractivity contribution is 0.541. The van der Waals surface area contributed by atoms with Crippen LogP contribution < -0.4 is 11.5 Å². The molecule has 0 unspecified atom stereocenters. The van der Waals surface area contributed by atoms with Gasteiger partial charge in [-0.15, -0.1) is 0 Å². The van der Waals surface area contributed by atoms with Crippen molar-refractivity contribution in [3.8, 4) is 22.5 Å². The summed E-state index contributed by atoms with van der Waals surface area (Å²) >= 11 is 0. The van der Waals surface area contributed by atoms with E-state index < -0.39 is 0 Å². The van der Waals surface area contributed by atoms with Gasteiger partial charge in [-0.3, -0.25) is 0 Å². The molecule has 0 aliphatic rings. The fraction of sp³-hybridized carbons (Fsp3) is 0.280. The van der Waals surface area contributed by atoms with Crippen LogP contribution in [0.4, 0.5) is 11.9 Å². The molecule has 0 spiro atoms. The van der Waals surface area contributed by atoms with Crippen LogP contribution >= 0.6 is 0 Å². The Bertz CT molecular complexity index is 994. The number of nitrogens with two attached hydrogens (primary N) is 2. The van der Waals surface area contributed by atoms with E-state index in [9.17, 15) is 0 Å². The summed E-state index contributed by atoms with van der Waals surface area (Å²) in [5.74, 6) is 1.17. The number of imidazole rings is 2. The van der Waals surface area contributed by atoms with Gasteiger partial charge in [0.1, 0.15) is 0 Å². The number of hydrogen-bond acceptors (Lipinski definition) is 4. The molecule has 0 saturated carbocycles. The fourth-order valence-corrected chi connectivity index (χ4v) is 4.00. The molecule has 2 aromatic heterocycles. The van der Waals surface area contributed by atoms with Crippen LogP contribution in [0.3, 0.4) is 0 Å². The van der Waals surface area contributed by atoms with E-state index in [2.05, 4.69) is 43.4 Å². The zero-order valence-electron chi connectivity index (χ0n) is 17.8. The highest BCUT2D eigenvalue weighted by molar-refractivity contribution is 5.61. The van der Waals surface area contributed by atoms with Gasteiger partial charge in [-0.1, -0.05) is 79.9 Å². The summed E-state index contributed by atoms with van der Waals surface area (Å²) in [7, 11) is 0. The van der Waals surface area contributed by atoms with E-state index in [0.29, 0.717) is 11.9 Å². The molecule has 0 fully saturated rings. The third-order valence-corrected chi connectivity index (χ3v) is 5.68. The molecule has 6 heteroatoms. The largest absolute Gasteiger partial charge is 0.369 e. The molecule has 0 aliphatic carbocycles. The lowest BCUT2D eigenvalue weighted by Gasteiger charge is -2.11. The highest BCUT2D eigenvalue weighted by Crippen LogP contribution is 2.24. The molecule has 0 atom stereocenters. The van der Waals surface area contributed by atoms with Gasteiger partial charge in [0.15, 0.2) is 0 Å². The first-order chi connectivity index (χ1) is 15.2. The van der Waals surface area contributed by atoms with Gasteiger partial charge in [0, 0.05) is 13.1 Å². The Hall–Kier alpha value is -3.54. The van der Waals surface area contributed by atoms with Gasteiger partial charge in [0.25, 0.3) is 0 Å². The number of anilines is 2. The molecule has 2 aromatic carbocycles. The summed E-state index contributed by atoms with van der Waals surface area (Å²) < 4.78 is 4.24. The maximum Gasteiger partial charge on any atom is 0.200 e. The van der Waals surface area contributed by atoms with E-state index in [1.54, 1.807) is 0 Å². The van der Waals surface area contributed by atoms with E-state index in [-0.39, 0.29) is 0 Å². The van der Waals surface area contributed by atoms with Crippen molar-refractivity contribution < 1.29 is 0 Å². The van der Waals surface area contributed by atoms with E-state index in [1.807, 2.05) is 48.8 Å². The van der Waals surface area contributed by atoms with Gasteiger partial charge in [0.2, 0.25) is 11.9 Å². The van der Waals surface area contributed by atoms with Gasteiger partial charge in [-0.05, 0) is 24.0 Å². The van der Waals surface area contributed by atoms with Gasteiger partial charge in [-0.25, -0.2) is 9.97 Å². The van der Waals surface area contributed by atoms with E-state index in [4.69, 9.17) is 11.5 Å². The minimum Gasteiger partial charge on any atom is -0.369 e. The molecular formula is C25H30N6. The summed E-state index contributed by atoms with van der Waals surface area (Å²) in [6, 6.07) is 20.6. The molecular weight excluding hydrogens is 384 g/mol. The SMILES string of the molecule is Nc1ncc(-c2ccccc2)n1CCCCCCCn1c(-c2ccccc2)cnc1N. The smallest absolute Gasteiger partial charge is 0.200 e. The number of aromatic nitrogens is 4. The fourth-order valence-electron chi connectivity index (χ4n) is 4.00. The second kappa shape index (κ2) is 9.98. The summed E-state index contributed by atoms with van der Waals surface area (Å²) in [4.78, 5) is 8.62. The maximum absolute atomic E-state index is 6.10. The van der Waals surface area contributed by atoms with Crippen LogP contribution in [-0.2, 0) is 13.1 Å². The first-order valence-corrected chi connectivity index (χ1v) is 11.0. The third kappa shape index (κ3) is 4.97. The van der Waals surface area contributed by atoms with E-state index in [0.717, 1.165) is 61.3 Å². The average molecular weight is 415 g/mol. The Labute approximate surface area is 183 Å². The van der Waals surface area contributed by atoms with Crippen molar-refractivity contribution in [1.82, 2.24) is 19.1 Å². The second-order valence-electron chi connectivity index (χ2n) is 7.81. The highest BCUT2D eigenvalue weighted by Gasteiger charge is 2.10. The first-order valence-electron chi connectivity index (χ1n) is 11.0. The van der Waals surface area contributed by atoms with Crippen molar-refractivity contribution in [2.75, 3.05) is 11.5 Å². The van der Waals surface area contributed by atoms with E-state index >= 15 is 0 Å². The van der Waals surface area contributed by atoms with Crippen molar-refractivity contribution in [2.45, 2.75) is 45.2 Å². The number of benzene rings is 2. The Kier molecular flexibility index (Phi) is 6.67. The minimum atomic E-state index is 0.586. The molecule has 2 heterocycles. The van der Waals surface area contributed by atoms with Gasteiger partial charge >= 0.3 is 0 Å². The topological polar surface area (TPSA) is 87.7 Å². The highest BCUT2D eigenvalue weighted by atomic mass is 15.2. The predicted octanol–water partition coefficient (Wildman–Crippen LogP) is 5.23. The van der Waals surface area contributed by atoms with Crippen molar-refractivity contribution in [2.24, 2.45) is 0 Å². The van der Waals surface area contributed by atoms with Crippen LogP contribution in [0.5, 0.6) is 0 Å². The van der Waals surface area contributed by atoms with Crippen LogP contribution in [0.1, 0.15) is 32.1 Å². The lowest BCUT2D eigenvalue weighted by Crippen LogP contribution is -2.06. The van der Waals surface area contributed by atoms with Gasteiger partial charge in [0.05, 0.1) is 23.8 Å². The number of nitrogen functional groups attached to an aromatic ring is 2. The van der Waals surface area contributed by atoms with Crippen LogP contribution in [0.2, 0.25) is 0 Å². The molecule has 0 radical (unpaired) electrons.